The van der Waals surface area contributed by atoms with E-state index in [1.165, 1.54) is 0 Å². The number of hydrogen-bond acceptors (Lipinski definition) is 4. The van der Waals surface area contributed by atoms with E-state index in [0.717, 1.165) is 22.3 Å². The summed E-state index contributed by atoms with van der Waals surface area (Å²) in [5.41, 5.74) is 3.66. The molecule has 0 saturated heterocycles. The predicted octanol–water partition coefficient (Wildman–Crippen LogP) is 2.33. The molecule has 0 aliphatic carbocycles. The smallest absolute Gasteiger partial charge is 0.320 e. The van der Waals surface area contributed by atoms with Gasteiger partial charge in [0, 0.05) is 6.54 Å². The van der Waals surface area contributed by atoms with Gasteiger partial charge in [0.2, 0.25) is 0 Å². The maximum Gasteiger partial charge on any atom is 0.320 e. The van der Waals surface area contributed by atoms with E-state index in [-0.39, 0.29) is 0 Å². The Bertz CT molecular complexity index is 843. The average molecular weight is 310 g/mol. The molecule has 0 aliphatic rings. The monoisotopic (exact) mass is 310 g/mol. The van der Waals surface area contributed by atoms with Crippen LogP contribution in [0.5, 0.6) is 0 Å². The number of para-hydroxylation sites is 2. The lowest BCUT2D eigenvalue weighted by Crippen LogP contribution is -2.35. The van der Waals surface area contributed by atoms with E-state index < -0.39 is 12.0 Å². The van der Waals surface area contributed by atoms with Crippen LogP contribution in [0.15, 0.2) is 48.5 Å². The van der Waals surface area contributed by atoms with Crippen molar-refractivity contribution in [1.82, 2.24) is 19.9 Å². The molecule has 0 unspecified atom stereocenters. The zero-order valence-electron chi connectivity index (χ0n) is 13.0. The highest BCUT2D eigenvalue weighted by Crippen LogP contribution is 2.20. The van der Waals surface area contributed by atoms with Crippen LogP contribution in [0.4, 0.5) is 0 Å². The third kappa shape index (κ3) is 2.93. The van der Waals surface area contributed by atoms with Gasteiger partial charge in [-0.15, -0.1) is 5.10 Å². The number of likely N-dealkylation sites (N-methyl/N-ethyl adjacent to an activating group) is 1. The Kier molecular flexibility index (Phi) is 4.08. The van der Waals surface area contributed by atoms with E-state index in [9.17, 15) is 4.79 Å². The number of fused-ring (bicyclic) bond motifs is 1. The van der Waals surface area contributed by atoms with E-state index >= 15 is 0 Å². The van der Waals surface area contributed by atoms with Crippen molar-refractivity contribution in [2.75, 3.05) is 7.05 Å². The molecule has 0 amide bonds. The highest BCUT2D eigenvalue weighted by molar-refractivity contribution is 5.76. The minimum Gasteiger partial charge on any atom is -0.480 e. The minimum absolute atomic E-state index is 0.512. The lowest BCUT2D eigenvalue weighted by atomic mass is 10.1. The maximum absolute atomic E-state index is 11.2. The Morgan fingerprint density at radius 3 is 2.70 bits per heavy atom. The first kappa shape index (κ1) is 15.2. The van der Waals surface area contributed by atoms with Crippen LogP contribution >= 0.6 is 0 Å². The summed E-state index contributed by atoms with van der Waals surface area (Å²) in [4.78, 5) is 12.9. The van der Waals surface area contributed by atoms with Crippen molar-refractivity contribution in [3.05, 3.63) is 54.1 Å². The Balaban J connectivity index is 2.00. The zero-order chi connectivity index (χ0) is 16.4. The second-order valence-corrected chi connectivity index (χ2v) is 5.55. The fourth-order valence-corrected chi connectivity index (χ4v) is 2.49. The fraction of sp³-hybridized carbons (Fsp3) is 0.235. The summed E-state index contributed by atoms with van der Waals surface area (Å²) in [6.45, 7) is 2.19. The van der Waals surface area contributed by atoms with Crippen LogP contribution in [0.1, 0.15) is 12.5 Å². The van der Waals surface area contributed by atoms with Crippen LogP contribution < -0.4 is 0 Å². The number of carboxylic acids is 1. The molecule has 0 bridgehead atoms. The molecule has 0 fully saturated rings. The van der Waals surface area contributed by atoms with Gasteiger partial charge < -0.3 is 5.11 Å². The van der Waals surface area contributed by atoms with E-state index in [1.54, 1.807) is 23.6 Å². The molecule has 6 nitrogen and oxygen atoms in total. The molecule has 3 aromatic rings. The second-order valence-electron chi connectivity index (χ2n) is 5.55. The van der Waals surface area contributed by atoms with E-state index in [0.29, 0.717) is 6.54 Å². The molecule has 1 atom stereocenters. The standard InChI is InChI=1S/C17H18N4O2/c1-12(17(22)23)20(2)11-13-7-3-5-9-15(13)21-16-10-6-4-8-14(16)18-19-21/h3-10,12H,11H2,1-2H3,(H,22,23)/t12-/m0/s1. The summed E-state index contributed by atoms with van der Waals surface area (Å²) in [5.74, 6) is -0.837. The van der Waals surface area contributed by atoms with Gasteiger partial charge in [0.15, 0.2) is 0 Å². The van der Waals surface area contributed by atoms with Crippen molar-refractivity contribution in [1.29, 1.82) is 0 Å². The lowest BCUT2D eigenvalue weighted by Gasteiger charge is -2.22. The van der Waals surface area contributed by atoms with Gasteiger partial charge in [-0.05, 0) is 37.7 Å². The van der Waals surface area contributed by atoms with Crippen LogP contribution in [-0.2, 0) is 11.3 Å². The van der Waals surface area contributed by atoms with Crippen molar-refractivity contribution in [3.63, 3.8) is 0 Å². The topological polar surface area (TPSA) is 71.2 Å². The largest absolute Gasteiger partial charge is 0.480 e. The minimum atomic E-state index is -0.837. The summed E-state index contributed by atoms with van der Waals surface area (Å²) in [7, 11) is 1.80. The first-order chi connectivity index (χ1) is 11.1. The molecule has 6 heteroatoms. The normalized spacial score (nSPS) is 12.7. The lowest BCUT2D eigenvalue weighted by molar-refractivity contribution is -0.142. The van der Waals surface area contributed by atoms with Gasteiger partial charge in [0.25, 0.3) is 0 Å². The van der Waals surface area contributed by atoms with Crippen LogP contribution in [0, 0.1) is 0 Å². The SMILES string of the molecule is C[C@@H](C(=O)O)N(C)Cc1ccccc1-n1nnc2ccccc21. The van der Waals surface area contributed by atoms with Crippen molar-refractivity contribution in [2.45, 2.75) is 19.5 Å². The molecule has 0 spiro atoms. The summed E-state index contributed by atoms with van der Waals surface area (Å²) < 4.78 is 1.80. The Morgan fingerprint density at radius 1 is 1.22 bits per heavy atom. The first-order valence-corrected chi connectivity index (χ1v) is 7.39. The number of hydrogen-bond donors (Lipinski definition) is 1. The number of aliphatic carboxylic acids is 1. The van der Waals surface area contributed by atoms with E-state index in [4.69, 9.17) is 5.11 Å². The summed E-state index contributed by atoms with van der Waals surface area (Å²) in [6, 6.07) is 15.0. The molecule has 0 aliphatic heterocycles. The van der Waals surface area contributed by atoms with Crippen molar-refractivity contribution in [2.24, 2.45) is 0 Å². The van der Waals surface area contributed by atoms with E-state index in [1.807, 2.05) is 48.5 Å². The van der Waals surface area contributed by atoms with Gasteiger partial charge in [-0.3, -0.25) is 9.69 Å². The van der Waals surface area contributed by atoms with Crippen LogP contribution in [0.3, 0.4) is 0 Å². The summed E-state index contributed by atoms with van der Waals surface area (Å²) in [6.07, 6.45) is 0. The molecular formula is C17H18N4O2. The Morgan fingerprint density at radius 2 is 1.91 bits per heavy atom. The number of rotatable bonds is 5. The van der Waals surface area contributed by atoms with Crippen LogP contribution in [0.2, 0.25) is 0 Å². The molecular weight excluding hydrogens is 292 g/mol. The molecule has 23 heavy (non-hydrogen) atoms. The third-order valence-corrected chi connectivity index (χ3v) is 4.01. The van der Waals surface area contributed by atoms with Gasteiger partial charge in [-0.2, -0.15) is 0 Å². The predicted molar refractivity (Wildman–Crippen MR) is 87.4 cm³/mol. The number of carbonyl (C=O) groups is 1. The van der Waals surface area contributed by atoms with Gasteiger partial charge in [-0.1, -0.05) is 35.5 Å². The van der Waals surface area contributed by atoms with Crippen LogP contribution in [0.25, 0.3) is 16.7 Å². The van der Waals surface area contributed by atoms with Crippen molar-refractivity contribution >= 4 is 17.0 Å². The molecule has 3 rings (SSSR count). The van der Waals surface area contributed by atoms with Gasteiger partial charge in [0.05, 0.1) is 11.2 Å². The van der Waals surface area contributed by atoms with Gasteiger partial charge >= 0.3 is 5.97 Å². The quantitative estimate of drug-likeness (QED) is 0.783. The molecule has 2 aromatic carbocycles. The first-order valence-electron chi connectivity index (χ1n) is 7.39. The Hall–Kier alpha value is -2.73. The van der Waals surface area contributed by atoms with E-state index in [2.05, 4.69) is 10.3 Å². The number of carboxylic acid groups (broad SMARTS) is 1. The highest BCUT2D eigenvalue weighted by atomic mass is 16.4. The fourth-order valence-electron chi connectivity index (χ4n) is 2.49. The molecule has 118 valence electrons. The number of benzene rings is 2. The molecule has 0 radical (unpaired) electrons. The summed E-state index contributed by atoms with van der Waals surface area (Å²) >= 11 is 0. The molecule has 1 heterocycles. The molecule has 0 saturated carbocycles. The average Bonchev–Trinajstić information content (AvgIpc) is 2.98. The third-order valence-electron chi connectivity index (χ3n) is 4.01. The molecule has 1 N–H and O–H groups in total. The molecule has 1 aromatic heterocycles. The van der Waals surface area contributed by atoms with Gasteiger partial charge in [-0.25, -0.2) is 4.68 Å². The maximum atomic E-state index is 11.2. The van der Waals surface area contributed by atoms with Crippen LogP contribution in [-0.4, -0.2) is 44.1 Å². The summed E-state index contributed by atoms with van der Waals surface area (Å²) in [5, 5.41) is 17.6. The van der Waals surface area contributed by atoms with Crippen molar-refractivity contribution < 1.29 is 9.90 Å². The van der Waals surface area contributed by atoms with Gasteiger partial charge in [0.1, 0.15) is 11.6 Å². The zero-order valence-corrected chi connectivity index (χ0v) is 13.0. The highest BCUT2D eigenvalue weighted by Gasteiger charge is 2.18. The van der Waals surface area contributed by atoms with Crippen molar-refractivity contribution in [3.8, 4) is 5.69 Å². The number of nitrogens with zero attached hydrogens (tertiary/aromatic N) is 4. The second kappa shape index (κ2) is 6.18. The Labute approximate surface area is 134 Å². The number of aromatic nitrogens is 3.